The topological polar surface area (TPSA) is 75.3 Å². The Labute approximate surface area is 116 Å². The fourth-order valence-electron chi connectivity index (χ4n) is 1.18. The van der Waals surface area contributed by atoms with Crippen LogP contribution in [0.1, 0.15) is 6.42 Å². The number of carbonyl (C=O) groups excluding carboxylic acids is 1. The predicted octanol–water partition coefficient (Wildman–Crippen LogP) is 2.28. The first-order chi connectivity index (χ1) is 8.31. The highest BCUT2D eigenvalue weighted by molar-refractivity contribution is 7.92. The molecule has 5 nitrogen and oxygen atoms in total. The number of hydrogen-bond acceptors (Lipinski definition) is 3. The number of alkyl halides is 1. The van der Waals surface area contributed by atoms with Crippen molar-refractivity contribution < 1.29 is 13.2 Å². The summed E-state index contributed by atoms with van der Waals surface area (Å²) in [7, 11) is -3.38. The van der Waals surface area contributed by atoms with Gasteiger partial charge in [-0.3, -0.25) is 9.52 Å². The van der Waals surface area contributed by atoms with E-state index in [0.717, 1.165) is 6.26 Å². The predicted molar refractivity (Wildman–Crippen MR) is 73.9 cm³/mol. The van der Waals surface area contributed by atoms with Gasteiger partial charge in [-0.2, -0.15) is 0 Å². The average molecular weight is 311 g/mol. The number of halogens is 2. The highest BCUT2D eigenvalue weighted by atomic mass is 35.5. The summed E-state index contributed by atoms with van der Waals surface area (Å²) in [6, 6.07) is 4.48. The number of amides is 1. The molecule has 8 heteroatoms. The number of hydrogen-bond donors (Lipinski definition) is 2. The van der Waals surface area contributed by atoms with E-state index in [1.54, 1.807) is 6.07 Å². The van der Waals surface area contributed by atoms with Crippen LogP contribution in [-0.4, -0.2) is 26.5 Å². The highest BCUT2D eigenvalue weighted by Gasteiger charge is 2.08. The molecule has 0 aliphatic heterocycles. The minimum atomic E-state index is -3.38. The summed E-state index contributed by atoms with van der Waals surface area (Å²) in [5.74, 6) is -0.00214. The fraction of sp³-hybridized carbons (Fsp3) is 0.300. The van der Waals surface area contributed by atoms with Gasteiger partial charge in [0.05, 0.1) is 17.0 Å². The van der Waals surface area contributed by atoms with Crippen molar-refractivity contribution in [2.75, 3.05) is 22.2 Å². The van der Waals surface area contributed by atoms with Gasteiger partial charge in [0.2, 0.25) is 15.9 Å². The van der Waals surface area contributed by atoms with E-state index >= 15 is 0 Å². The smallest absolute Gasteiger partial charge is 0.229 e. The Kier molecular flexibility index (Phi) is 5.25. The summed E-state index contributed by atoms with van der Waals surface area (Å²) >= 11 is 11.3. The molecule has 18 heavy (non-hydrogen) atoms. The third-order valence-corrected chi connectivity index (χ3v) is 2.96. The molecule has 0 spiro atoms. The molecule has 2 N–H and O–H groups in total. The van der Waals surface area contributed by atoms with Crippen molar-refractivity contribution in [1.29, 1.82) is 0 Å². The number of sulfonamides is 1. The van der Waals surface area contributed by atoms with E-state index in [1.807, 2.05) is 0 Å². The minimum absolute atomic E-state index is 0.197. The molecule has 0 fully saturated rings. The van der Waals surface area contributed by atoms with Crippen LogP contribution < -0.4 is 10.0 Å². The molecule has 0 atom stereocenters. The van der Waals surface area contributed by atoms with Crippen molar-refractivity contribution in [3.05, 3.63) is 23.2 Å². The molecular weight excluding hydrogens is 299 g/mol. The van der Waals surface area contributed by atoms with Gasteiger partial charge in [0, 0.05) is 18.0 Å². The Morgan fingerprint density at radius 3 is 2.56 bits per heavy atom. The maximum Gasteiger partial charge on any atom is 0.229 e. The van der Waals surface area contributed by atoms with Gasteiger partial charge >= 0.3 is 0 Å². The van der Waals surface area contributed by atoms with Crippen LogP contribution in [0, 0.1) is 0 Å². The molecule has 0 saturated carbocycles. The van der Waals surface area contributed by atoms with Gasteiger partial charge in [-0.05, 0) is 18.2 Å². The van der Waals surface area contributed by atoms with Crippen LogP contribution >= 0.6 is 23.2 Å². The van der Waals surface area contributed by atoms with E-state index in [2.05, 4.69) is 10.0 Å². The van der Waals surface area contributed by atoms with Gasteiger partial charge in [0.1, 0.15) is 0 Å². The Morgan fingerprint density at radius 2 is 2.06 bits per heavy atom. The lowest BCUT2D eigenvalue weighted by atomic mass is 10.3. The van der Waals surface area contributed by atoms with Crippen LogP contribution in [-0.2, 0) is 14.8 Å². The summed E-state index contributed by atoms with van der Waals surface area (Å²) < 4.78 is 24.4. The van der Waals surface area contributed by atoms with Gasteiger partial charge in [0.25, 0.3) is 0 Å². The lowest BCUT2D eigenvalue weighted by molar-refractivity contribution is -0.115. The molecule has 0 aliphatic carbocycles. The van der Waals surface area contributed by atoms with Crippen molar-refractivity contribution in [3.63, 3.8) is 0 Å². The number of nitrogens with one attached hydrogen (secondary N) is 2. The summed E-state index contributed by atoms with van der Waals surface area (Å²) in [5, 5.41) is 2.79. The normalized spacial score (nSPS) is 11.1. The van der Waals surface area contributed by atoms with E-state index < -0.39 is 10.0 Å². The number of benzene rings is 1. The molecule has 1 rings (SSSR count). The Hall–Kier alpha value is -0.980. The van der Waals surface area contributed by atoms with Gasteiger partial charge in [-0.25, -0.2) is 8.42 Å². The van der Waals surface area contributed by atoms with Crippen LogP contribution in [0.25, 0.3) is 0 Å². The molecule has 0 radical (unpaired) electrons. The molecular formula is C10H12Cl2N2O3S. The molecule has 0 bridgehead atoms. The first kappa shape index (κ1) is 15.1. The monoisotopic (exact) mass is 310 g/mol. The van der Waals surface area contributed by atoms with E-state index in [1.165, 1.54) is 12.1 Å². The summed E-state index contributed by atoms with van der Waals surface area (Å²) in [6.07, 6.45) is 1.22. The van der Waals surface area contributed by atoms with Crippen LogP contribution in [0.4, 0.5) is 11.4 Å². The molecule has 0 aromatic heterocycles. The highest BCUT2D eigenvalue weighted by Crippen LogP contribution is 2.26. The second kappa shape index (κ2) is 6.26. The molecule has 0 unspecified atom stereocenters. The maximum atomic E-state index is 11.3. The zero-order chi connectivity index (χ0) is 13.8. The Morgan fingerprint density at radius 1 is 1.39 bits per heavy atom. The van der Waals surface area contributed by atoms with E-state index in [4.69, 9.17) is 23.2 Å². The summed E-state index contributed by atoms with van der Waals surface area (Å²) in [4.78, 5) is 11.3. The molecule has 0 heterocycles. The van der Waals surface area contributed by atoms with Crippen LogP contribution in [0.15, 0.2) is 18.2 Å². The van der Waals surface area contributed by atoms with Crippen molar-refractivity contribution in [2.24, 2.45) is 0 Å². The number of rotatable bonds is 5. The molecule has 1 aromatic carbocycles. The SMILES string of the molecule is CS(=O)(=O)Nc1ccc(NC(=O)CCCl)cc1Cl. The van der Waals surface area contributed by atoms with Gasteiger partial charge in [0.15, 0.2) is 0 Å². The average Bonchev–Trinajstić information content (AvgIpc) is 2.21. The Bertz CT molecular complexity index is 546. The van der Waals surface area contributed by atoms with Gasteiger partial charge in [-0.15, -0.1) is 11.6 Å². The zero-order valence-electron chi connectivity index (χ0n) is 9.54. The van der Waals surface area contributed by atoms with Crippen molar-refractivity contribution >= 4 is 50.5 Å². The second-order valence-electron chi connectivity index (χ2n) is 3.56. The molecule has 1 aromatic rings. The fourth-order valence-corrected chi connectivity index (χ4v) is 2.22. The van der Waals surface area contributed by atoms with Gasteiger partial charge in [-0.1, -0.05) is 11.6 Å². The van der Waals surface area contributed by atoms with Crippen molar-refractivity contribution in [3.8, 4) is 0 Å². The van der Waals surface area contributed by atoms with E-state index in [-0.39, 0.29) is 28.9 Å². The minimum Gasteiger partial charge on any atom is -0.326 e. The molecule has 0 saturated heterocycles. The number of carbonyl (C=O) groups is 1. The Balaban J connectivity index is 2.83. The standard InChI is InChI=1S/C10H12Cl2N2O3S/c1-18(16,17)14-9-3-2-7(6-8(9)12)13-10(15)4-5-11/h2-3,6,14H,4-5H2,1H3,(H,13,15). The van der Waals surface area contributed by atoms with Crippen LogP contribution in [0.5, 0.6) is 0 Å². The summed E-state index contributed by atoms with van der Waals surface area (Å²) in [5.41, 5.74) is 0.740. The molecule has 100 valence electrons. The first-order valence-corrected chi connectivity index (χ1v) is 7.75. The van der Waals surface area contributed by atoms with E-state index in [9.17, 15) is 13.2 Å². The number of anilines is 2. The van der Waals surface area contributed by atoms with Crippen molar-refractivity contribution in [1.82, 2.24) is 0 Å². The largest absolute Gasteiger partial charge is 0.326 e. The van der Waals surface area contributed by atoms with Crippen LogP contribution in [0.2, 0.25) is 5.02 Å². The summed E-state index contributed by atoms with van der Waals surface area (Å²) in [6.45, 7) is 0. The molecule has 0 aliphatic rings. The third-order valence-electron chi connectivity index (χ3n) is 1.87. The van der Waals surface area contributed by atoms with Crippen LogP contribution in [0.3, 0.4) is 0 Å². The lowest BCUT2D eigenvalue weighted by Crippen LogP contribution is -2.12. The second-order valence-corrected chi connectivity index (χ2v) is 6.09. The van der Waals surface area contributed by atoms with Crippen molar-refractivity contribution in [2.45, 2.75) is 6.42 Å². The molecule has 1 amide bonds. The van der Waals surface area contributed by atoms with E-state index in [0.29, 0.717) is 5.69 Å². The maximum absolute atomic E-state index is 11.3. The third kappa shape index (κ3) is 5.12. The quantitative estimate of drug-likeness (QED) is 0.819. The lowest BCUT2D eigenvalue weighted by Gasteiger charge is -2.09. The first-order valence-electron chi connectivity index (χ1n) is 4.95. The van der Waals surface area contributed by atoms with Gasteiger partial charge < -0.3 is 5.32 Å². The zero-order valence-corrected chi connectivity index (χ0v) is 11.9.